The molecular weight excluding hydrogens is 596 g/mol. The van der Waals surface area contributed by atoms with Gasteiger partial charge in [-0.15, -0.1) is 0 Å². The summed E-state index contributed by atoms with van der Waals surface area (Å²) in [5.74, 6) is 3.15. The number of aromatic nitrogens is 4. The van der Waals surface area contributed by atoms with Crippen molar-refractivity contribution in [3.63, 3.8) is 0 Å². The van der Waals surface area contributed by atoms with Gasteiger partial charge in [-0.25, -0.2) is 14.5 Å². The van der Waals surface area contributed by atoms with Crippen LogP contribution in [0.4, 0.5) is 5.82 Å². The number of ether oxygens (including phenoxy) is 2. The number of rotatable bonds is 8. The van der Waals surface area contributed by atoms with Gasteiger partial charge in [0, 0.05) is 62.3 Å². The van der Waals surface area contributed by atoms with Crippen molar-refractivity contribution in [1.82, 2.24) is 29.4 Å². The summed E-state index contributed by atoms with van der Waals surface area (Å²) in [5.41, 5.74) is 2.96. The second kappa shape index (κ2) is 11.5. The first-order valence-corrected chi connectivity index (χ1v) is 16.3. The van der Waals surface area contributed by atoms with Crippen LogP contribution in [0.1, 0.15) is 42.1 Å². The van der Waals surface area contributed by atoms with Crippen molar-refractivity contribution < 1.29 is 19.4 Å². The molecule has 4 unspecified atom stereocenters. The lowest BCUT2D eigenvalue weighted by Gasteiger charge is -2.56. The van der Waals surface area contributed by atoms with E-state index in [1.54, 1.807) is 36.2 Å². The summed E-state index contributed by atoms with van der Waals surface area (Å²) >= 11 is 0. The number of pyridine rings is 3. The molecule has 0 aromatic carbocycles. The maximum Gasteiger partial charge on any atom is 0.256 e. The van der Waals surface area contributed by atoms with Gasteiger partial charge in [0.05, 0.1) is 53.8 Å². The third-order valence-electron chi connectivity index (χ3n) is 10.4. The second-order valence-electron chi connectivity index (χ2n) is 13.7. The number of anilines is 1. The first kappa shape index (κ1) is 29.7. The van der Waals surface area contributed by atoms with Crippen LogP contribution in [0.15, 0.2) is 55.1 Å². The Bertz CT molecular complexity index is 1820. The molecule has 8 heterocycles. The van der Waals surface area contributed by atoms with Gasteiger partial charge < -0.3 is 24.4 Å². The molecule has 0 radical (unpaired) electrons. The number of piperidine rings is 1. The number of carbonyl (C=O) groups is 1. The predicted octanol–water partition coefficient (Wildman–Crippen LogP) is 3.25. The normalized spacial score (nSPS) is 26.6. The Labute approximate surface area is 273 Å². The molecule has 1 saturated carbocycles. The topological polar surface area (TPSA) is 132 Å². The quantitative estimate of drug-likeness (QED) is 0.308. The fourth-order valence-electron chi connectivity index (χ4n) is 8.30. The van der Waals surface area contributed by atoms with Gasteiger partial charge in [0.15, 0.2) is 0 Å². The highest BCUT2D eigenvalue weighted by Gasteiger charge is 2.48. The van der Waals surface area contributed by atoms with E-state index >= 15 is 0 Å². The summed E-state index contributed by atoms with van der Waals surface area (Å²) in [4.78, 5) is 28.9. The molecule has 1 aliphatic carbocycles. The Morgan fingerprint density at radius 1 is 1.06 bits per heavy atom. The molecular formula is C35H38N8O4. The minimum absolute atomic E-state index is 0.00168. The summed E-state index contributed by atoms with van der Waals surface area (Å²) in [6.07, 6.45) is 9.56. The summed E-state index contributed by atoms with van der Waals surface area (Å²) in [7, 11) is 1.56. The van der Waals surface area contributed by atoms with Gasteiger partial charge in [0.1, 0.15) is 24.2 Å². The maximum atomic E-state index is 13.2. The largest absolute Gasteiger partial charge is 0.491 e. The number of hydrogen-bond acceptors (Lipinski definition) is 10. The molecule has 4 aliphatic heterocycles. The molecule has 0 spiro atoms. The van der Waals surface area contributed by atoms with E-state index in [2.05, 4.69) is 26.0 Å². The van der Waals surface area contributed by atoms with E-state index in [-0.39, 0.29) is 18.0 Å². The summed E-state index contributed by atoms with van der Waals surface area (Å²) < 4.78 is 13.1. The maximum absolute atomic E-state index is 13.2. The zero-order valence-electron chi connectivity index (χ0n) is 26.6. The van der Waals surface area contributed by atoms with E-state index in [0.29, 0.717) is 54.3 Å². The third kappa shape index (κ3) is 5.43. The molecule has 12 nitrogen and oxygen atoms in total. The number of carbonyl (C=O) groups excluding carboxylic acids is 1. The minimum atomic E-state index is -0.519. The molecule has 9 rings (SSSR count). The van der Waals surface area contributed by atoms with Crippen LogP contribution in [0.5, 0.6) is 11.6 Å². The molecule has 1 N–H and O–H groups in total. The molecule has 47 heavy (non-hydrogen) atoms. The van der Waals surface area contributed by atoms with Gasteiger partial charge in [0.25, 0.3) is 5.91 Å². The molecule has 4 atom stereocenters. The van der Waals surface area contributed by atoms with Crippen molar-refractivity contribution in [2.75, 3.05) is 51.3 Å². The van der Waals surface area contributed by atoms with Crippen molar-refractivity contribution in [2.45, 2.75) is 43.9 Å². The fourth-order valence-corrected chi connectivity index (χ4v) is 8.30. The van der Waals surface area contributed by atoms with Crippen molar-refractivity contribution in [3.05, 3.63) is 66.2 Å². The van der Waals surface area contributed by atoms with E-state index in [1.807, 2.05) is 42.4 Å². The van der Waals surface area contributed by atoms with Crippen LogP contribution >= 0.6 is 0 Å². The van der Waals surface area contributed by atoms with E-state index in [1.165, 1.54) is 0 Å². The molecule has 4 aromatic rings. The number of fused-ring (bicyclic) bond motifs is 4. The third-order valence-corrected chi connectivity index (χ3v) is 10.4. The molecule has 4 saturated heterocycles. The van der Waals surface area contributed by atoms with Crippen LogP contribution in [-0.4, -0.2) is 105 Å². The Hall–Kier alpha value is -4.73. The molecule has 2 bridgehead atoms. The van der Waals surface area contributed by atoms with Crippen molar-refractivity contribution in [2.24, 2.45) is 11.8 Å². The van der Waals surface area contributed by atoms with Crippen LogP contribution < -0.4 is 14.4 Å². The molecule has 1 amide bonds. The molecule has 5 aliphatic rings. The number of nitrogens with zero attached hydrogens (tertiary/aromatic N) is 8. The summed E-state index contributed by atoms with van der Waals surface area (Å²) in [6.45, 7) is 6.75. The lowest BCUT2D eigenvalue weighted by Crippen LogP contribution is -2.70. The number of nitriles is 1. The summed E-state index contributed by atoms with van der Waals surface area (Å²) in [5, 5.41) is 24.7. The number of piperazine rings is 1. The van der Waals surface area contributed by atoms with Gasteiger partial charge in [-0.2, -0.15) is 10.4 Å². The van der Waals surface area contributed by atoms with Gasteiger partial charge in [-0.3, -0.25) is 9.69 Å². The average molecular weight is 635 g/mol. The van der Waals surface area contributed by atoms with Gasteiger partial charge in [-0.1, -0.05) is 0 Å². The predicted molar refractivity (Wildman–Crippen MR) is 173 cm³/mol. The van der Waals surface area contributed by atoms with Crippen LogP contribution in [0, 0.1) is 23.2 Å². The molecule has 242 valence electrons. The van der Waals surface area contributed by atoms with Gasteiger partial charge >= 0.3 is 0 Å². The molecule has 4 aromatic heterocycles. The molecule has 12 heteroatoms. The number of likely N-dealkylation sites (tertiary alicyclic amines) is 1. The Morgan fingerprint density at radius 3 is 2.51 bits per heavy atom. The lowest BCUT2D eigenvalue weighted by atomic mass is 9.86. The van der Waals surface area contributed by atoms with Gasteiger partial charge in [-0.05, 0) is 62.3 Å². The number of aliphatic hydroxyl groups is 1. The number of hydrogen-bond donors (Lipinski definition) is 1. The van der Waals surface area contributed by atoms with E-state index in [4.69, 9.17) is 14.5 Å². The zero-order valence-corrected chi connectivity index (χ0v) is 26.6. The first-order valence-electron chi connectivity index (χ1n) is 16.3. The van der Waals surface area contributed by atoms with Gasteiger partial charge in [0.2, 0.25) is 5.88 Å². The number of methoxy groups -OCH3 is 1. The minimum Gasteiger partial charge on any atom is -0.491 e. The zero-order chi connectivity index (χ0) is 32.3. The van der Waals surface area contributed by atoms with E-state index < -0.39 is 5.60 Å². The van der Waals surface area contributed by atoms with Crippen molar-refractivity contribution in [1.29, 1.82) is 5.26 Å². The molecule has 5 fully saturated rings. The first-order chi connectivity index (χ1) is 22.8. The highest BCUT2D eigenvalue weighted by Crippen LogP contribution is 2.43. The Balaban J connectivity index is 0.945. The average Bonchev–Trinajstić information content (AvgIpc) is 3.74. The smallest absolute Gasteiger partial charge is 0.256 e. The van der Waals surface area contributed by atoms with E-state index in [0.717, 1.165) is 61.4 Å². The highest BCUT2D eigenvalue weighted by molar-refractivity contribution is 5.95. The van der Waals surface area contributed by atoms with E-state index in [9.17, 15) is 15.2 Å². The van der Waals surface area contributed by atoms with Crippen LogP contribution in [0.3, 0.4) is 0 Å². The fraction of sp³-hybridized carbons (Fsp3) is 0.457. The summed E-state index contributed by atoms with van der Waals surface area (Å²) in [6, 6.07) is 12.0. The SMILES string of the molecule is COc1ccc(C(=O)N2C3CC2CN(c2ccc(-c4cc(OCCN5CC6CC(C)(O)CC6C5)cn5ncc(C#N)c45)cn2)C3)cn1. The standard InChI is InChI=1S/C35H38N8O4/c1-35(45)11-24-17-40(18-25(24)12-35)7-8-47-29-10-30(33-26(13-36)16-39-42(33)21-29)22-3-5-31(37-14-22)41-19-27-9-28(20-41)43(27)34(44)23-4-6-32(46-2)38-15-23/h3-6,10,14-16,21,24-25,27-28,45H,7-9,11-12,17-20H2,1-2H3. The second-order valence-corrected chi connectivity index (χ2v) is 13.7. The monoisotopic (exact) mass is 634 g/mol. The van der Waals surface area contributed by atoms with Crippen molar-refractivity contribution in [3.8, 4) is 28.8 Å². The Morgan fingerprint density at radius 2 is 1.85 bits per heavy atom. The van der Waals surface area contributed by atoms with Crippen LogP contribution in [0.2, 0.25) is 0 Å². The number of amides is 1. The Kier molecular flexibility index (Phi) is 7.26. The van der Waals surface area contributed by atoms with Crippen LogP contribution in [-0.2, 0) is 0 Å². The lowest BCUT2D eigenvalue weighted by molar-refractivity contribution is 0.00572. The van der Waals surface area contributed by atoms with Crippen LogP contribution in [0.25, 0.3) is 16.6 Å². The highest BCUT2D eigenvalue weighted by atomic mass is 16.5. The van der Waals surface area contributed by atoms with Crippen molar-refractivity contribution >= 4 is 17.2 Å².